The summed E-state index contributed by atoms with van der Waals surface area (Å²) in [5, 5.41) is 8.13. The van der Waals surface area contributed by atoms with Gasteiger partial charge in [0, 0.05) is 19.1 Å². The van der Waals surface area contributed by atoms with Crippen molar-refractivity contribution < 1.29 is 9.59 Å². The van der Waals surface area contributed by atoms with Gasteiger partial charge in [0.2, 0.25) is 5.91 Å². The van der Waals surface area contributed by atoms with E-state index in [1.165, 1.54) is 6.42 Å². The number of imide groups is 1. The molecule has 3 N–H and O–H groups in total. The molecule has 0 bridgehead atoms. The summed E-state index contributed by atoms with van der Waals surface area (Å²) in [7, 11) is 1.88. The fraction of sp³-hybridized carbons (Fsp3) is 0.667. The first-order valence-electron chi connectivity index (χ1n) is 6.22. The SMILES string of the molecule is C=CCNC(=O)NC(=O)CN(C)CC1CCCN1. The number of hydrogen-bond donors (Lipinski definition) is 3. The summed E-state index contributed by atoms with van der Waals surface area (Å²) in [4.78, 5) is 24.7. The summed E-state index contributed by atoms with van der Waals surface area (Å²) >= 11 is 0. The number of urea groups is 1. The maximum absolute atomic E-state index is 11.5. The predicted molar refractivity (Wildman–Crippen MR) is 70.3 cm³/mol. The smallest absolute Gasteiger partial charge is 0.321 e. The summed E-state index contributed by atoms with van der Waals surface area (Å²) in [6, 6.07) is -0.0234. The molecule has 1 aliphatic heterocycles. The van der Waals surface area contributed by atoms with E-state index in [0.717, 1.165) is 19.5 Å². The van der Waals surface area contributed by atoms with E-state index in [1.807, 2.05) is 11.9 Å². The van der Waals surface area contributed by atoms with Gasteiger partial charge in [-0.2, -0.15) is 0 Å². The Morgan fingerprint density at radius 2 is 2.33 bits per heavy atom. The van der Waals surface area contributed by atoms with Gasteiger partial charge in [-0.05, 0) is 26.4 Å². The molecule has 1 atom stereocenters. The average molecular weight is 254 g/mol. The largest absolute Gasteiger partial charge is 0.334 e. The third-order valence-electron chi connectivity index (χ3n) is 2.77. The first-order valence-corrected chi connectivity index (χ1v) is 6.22. The standard InChI is InChI=1S/C12H22N4O2/c1-3-6-14-12(18)15-11(17)9-16(2)8-10-5-4-7-13-10/h3,10,13H,1,4-9H2,2H3,(H2,14,15,17,18). The van der Waals surface area contributed by atoms with Gasteiger partial charge in [0.25, 0.3) is 0 Å². The highest BCUT2D eigenvalue weighted by molar-refractivity contribution is 5.95. The molecule has 3 amide bonds. The Morgan fingerprint density at radius 3 is 2.94 bits per heavy atom. The number of carbonyl (C=O) groups excluding carboxylic acids is 2. The van der Waals surface area contributed by atoms with Crippen molar-refractivity contribution >= 4 is 11.9 Å². The molecule has 1 fully saturated rings. The van der Waals surface area contributed by atoms with Gasteiger partial charge in [-0.25, -0.2) is 4.79 Å². The Labute approximate surface area is 108 Å². The maximum atomic E-state index is 11.5. The van der Waals surface area contributed by atoms with Crippen LogP contribution in [0.1, 0.15) is 12.8 Å². The van der Waals surface area contributed by atoms with E-state index in [2.05, 4.69) is 22.5 Å². The van der Waals surface area contributed by atoms with E-state index in [0.29, 0.717) is 12.6 Å². The lowest BCUT2D eigenvalue weighted by molar-refractivity contribution is -0.120. The summed E-state index contributed by atoms with van der Waals surface area (Å²) in [5.41, 5.74) is 0. The van der Waals surface area contributed by atoms with Crippen molar-refractivity contribution in [1.82, 2.24) is 20.9 Å². The van der Waals surface area contributed by atoms with Gasteiger partial charge < -0.3 is 10.6 Å². The van der Waals surface area contributed by atoms with Crippen molar-refractivity contribution in [2.24, 2.45) is 0 Å². The minimum Gasteiger partial charge on any atom is -0.334 e. The van der Waals surface area contributed by atoms with Crippen molar-refractivity contribution in [3.63, 3.8) is 0 Å². The van der Waals surface area contributed by atoms with E-state index in [9.17, 15) is 9.59 Å². The molecule has 0 aromatic heterocycles. The van der Waals surface area contributed by atoms with Crippen LogP contribution in [0.2, 0.25) is 0 Å². The van der Waals surface area contributed by atoms with Gasteiger partial charge in [0.05, 0.1) is 6.54 Å². The summed E-state index contributed by atoms with van der Waals surface area (Å²) < 4.78 is 0. The number of nitrogens with zero attached hydrogens (tertiary/aromatic N) is 1. The Morgan fingerprint density at radius 1 is 1.56 bits per heavy atom. The van der Waals surface area contributed by atoms with E-state index >= 15 is 0 Å². The third kappa shape index (κ3) is 5.79. The summed E-state index contributed by atoms with van der Waals surface area (Å²) in [6.07, 6.45) is 3.89. The van der Waals surface area contributed by atoms with Crippen molar-refractivity contribution in [2.75, 3.05) is 33.2 Å². The summed E-state index contributed by atoms with van der Waals surface area (Å²) in [5.74, 6) is -0.294. The molecule has 6 heteroatoms. The molecule has 0 radical (unpaired) electrons. The molecule has 0 saturated carbocycles. The van der Waals surface area contributed by atoms with Crippen molar-refractivity contribution in [3.05, 3.63) is 12.7 Å². The number of rotatable bonds is 6. The van der Waals surface area contributed by atoms with Crippen molar-refractivity contribution in [2.45, 2.75) is 18.9 Å². The van der Waals surface area contributed by atoms with Crippen LogP contribution in [0.5, 0.6) is 0 Å². The van der Waals surface area contributed by atoms with Crippen molar-refractivity contribution in [1.29, 1.82) is 0 Å². The van der Waals surface area contributed by atoms with E-state index < -0.39 is 6.03 Å². The lowest BCUT2D eigenvalue weighted by Crippen LogP contribution is -2.45. The van der Waals surface area contributed by atoms with Crippen LogP contribution in [-0.2, 0) is 4.79 Å². The first-order chi connectivity index (χ1) is 8.61. The van der Waals surface area contributed by atoms with Crippen LogP contribution in [0.3, 0.4) is 0 Å². The zero-order valence-corrected chi connectivity index (χ0v) is 10.9. The Hall–Kier alpha value is -1.40. The normalized spacial score (nSPS) is 18.7. The van der Waals surface area contributed by atoms with Crippen LogP contribution in [0.4, 0.5) is 4.79 Å². The molecule has 6 nitrogen and oxygen atoms in total. The lowest BCUT2D eigenvalue weighted by Gasteiger charge is -2.20. The Bertz CT molecular complexity index is 300. The molecule has 1 heterocycles. The number of amides is 3. The minimum absolute atomic E-state index is 0.222. The van der Waals surface area contributed by atoms with Crippen molar-refractivity contribution in [3.8, 4) is 0 Å². The molecule has 18 heavy (non-hydrogen) atoms. The zero-order chi connectivity index (χ0) is 13.4. The molecular weight excluding hydrogens is 232 g/mol. The molecule has 1 rings (SSSR count). The zero-order valence-electron chi connectivity index (χ0n) is 10.9. The molecule has 1 saturated heterocycles. The lowest BCUT2D eigenvalue weighted by atomic mass is 10.2. The fourth-order valence-corrected chi connectivity index (χ4v) is 1.97. The Balaban J connectivity index is 2.17. The second-order valence-electron chi connectivity index (χ2n) is 4.54. The quantitative estimate of drug-likeness (QED) is 0.568. The third-order valence-corrected chi connectivity index (χ3v) is 2.77. The highest BCUT2D eigenvalue weighted by Crippen LogP contribution is 2.05. The fourth-order valence-electron chi connectivity index (χ4n) is 1.97. The van der Waals surface area contributed by atoms with Crippen LogP contribution in [-0.4, -0.2) is 56.1 Å². The van der Waals surface area contributed by atoms with Gasteiger partial charge >= 0.3 is 6.03 Å². The molecule has 1 unspecified atom stereocenters. The maximum Gasteiger partial charge on any atom is 0.321 e. The number of carbonyl (C=O) groups is 2. The second kappa shape index (κ2) is 7.84. The number of likely N-dealkylation sites (N-methyl/N-ethyl adjacent to an activating group) is 1. The van der Waals surface area contributed by atoms with Crippen LogP contribution >= 0.6 is 0 Å². The van der Waals surface area contributed by atoms with Crippen LogP contribution in [0, 0.1) is 0 Å². The van der Waals surface area contributed by atoms with E-state index in [4.69, 9.17) is 0 Å². The van der Waals surface area contributed by atoms with Crippen LogP contribution in [0.15, 0.2) is 12.7 Å². The molecule has 0 spiro atoms. The highest BCUT2D eigenvalue weighted by Gasteiger charge is 2.17. The summed E-state index contributed by atoms with van der Waals surface area (Å²) in [6.45, 7) is 5.92. The highest BCUT2D eigenvalue weighted by atomic mass is 16.2. The second-order valence-corrected chi connectivity index (χ2v) is 4.54. The van der Waals surface area contributed by atoms with Gasteiger partial charge in [-0.1, -0.05) is 6.08 Å². The van der Waals surface area contributed by atoms with Crippen LogP contribution < -0.4 is 16.0 Å². The number of hydrogen-bond acceptors (Lipinski definition) is 4. The minimum atomic E-state index is -0.479. The van der Waals surface area contributed by atoms with E-state index in [1.54, 1.807) is 6.08 Å². The number of nitrogens with one attached hydrogen (secondary N) is 3. The molecule has 102 valence electrons. The molecule has 0 aromatic rings. The van der Waals surface area contributed by atoms with E-state index in [-0.39, 0.29) is 12.5 Å². The predicted octanol–water partition coefficient (Wildman–Crippen LogP) is -0.318. The monoisotopic (exact) mass is 254 g/mol. The molecule has 0 aromatic carbocycles. The average Bonchev–Trinajstić information content (AvgIpc) is 2.78. The topological polar surface area (TPSA) is 73.5 Å². The molecule has 0 aliphatic carbocycles. The Kier molecular flexibility index (Phi) is 6.38. The first kappa shape index (κ1) is 14.7. The van der Waals surface area contributed by atoms with Gasteiger partial charge in [-0.3, -0.25) is 15.0 Å². The molecule has 1 aliphatic rings. The van der Waals surface area contributed by atoms with Crippen LogP contribution in [0.25, 0.3) is 0 Å². The van der Waals surface area contributed by atoms with Gasteiger partial charge in [0.15, 0.2) is 0 Å². The van der Waals surface area contributed by atoms with Gasteiger partial charge in [-0.15, -0.1) is 6.58 Å². The van der Waals surface area contributed by atoms with Gasteiger partial charge in [0.1, 0.15) is 0 Å². The molecular formula is C12H22N4O2.